The summed E-state index contributed by atoms with van der Waals surface area (Å²) in [6, 6.07) is 0. The van der Waals surface area contributed by atoms with Crippen LogP contribution in [0.15, 0.2) is 24.6 Å². The van der Waals surface area contributed by atoms with Crippen molar-refractivity contribution in [3.8, 4) is 0 Å². The average molecular weight is 405 g/mol. The molecule has 1 N–H and O–H groups in total. The molecule has 0 saturated heterocycles. The zero-order valence-corrected chi connectivity index (χ0v) is 11.6. The van der Waals surface area contributed by atoms with Crippen LogP contribution in [0.4, 0.5) is 0 Å². The predicted molar refractivity (Wildman–Crippen MR) is 57.2 cm³/mol. The summed E-state index contributed by atoms with van der Waals surface area (Å²) in [5.74, 6) is 0.104. The lowest BCUT2D eigenvalue weighted by molar-refractivity contribution is -0.790. The normalized spacial score (nSPS) is 15.9. The number of hydrogen-bond acceptors (Lipinski definition) is 1. The van der Waals surface area contributed by atoms with E-state index in [1.54, 1.807) is 12.2 Å². The highest BCUT2D eigenvalue weighted by Gasteiger charge is 2.06. The molecule has 0 spiro atoms. The number of nitrogens with one attached hydrogen (secondary N) is 1. The van der Waals surface area contributed by atoms with Crippen LogP contribution in [0, 0.1) is 0 Å². The first kappa shape index (κ1) is 13.6. The lowest BCUT2D eigenvalue weighted by atomic mass is 10.3. The van der Waals surface area contributed by atoms with Crippen LogP contribution in [0.25, 0.3) is 0 Å². The number of carbonyl (C=O) groups is 1. The maximum atomic E-state index is 10.8. The van der Waals surface area contributed by atoms with E-state index in [4.69, 9.17) is 0 Å². The Morgan fingerprint density at radius 3 is 2.38 bits per heavy atom. The van der Waals surface area contributed by atoms with E-state index in [2.05, 4.69) is 22.6 Å². The van der Waals surface area contributed by atoms with Crippen molar-refractivity contribution in [2.45, 2.75) is 12.8 Å². The molecule has 0 fully saturated rings. The highest BCUT2D eigenvalue weighted by atomic mass is 127. The molecule has 0 aromatic carbocycles. The number of rotatable bonds is 4. The molecule has 1 aliphatic heterocycles. The second-order valence-electron chi connectivity index (χ2n) is 2.79. The quantitative estimate of drug-likeness (QED) is 0.318. The predicted octanol–water partition coefficient (Wildman–Crippen LogP) is -2.30. The molecule has 0 bridgehead atoms. The molecule has 0 aliphatic carbocycles. The fraction of sp³-hybridized carbons (Fsp3) is 0.444. The van der Waals surface area contributed by atoms with E-state index in [-0.39, 0.29) is 29.8 Å². The molecule has 74 valence electrons. The van der Waals surface area contributed by atoms with Crippen molar-refractivity contribution in [2.75, 3.05) is 11.0 Å². The second-order valence-corrected chi connectivity index (χ2v) is 3.87. The van der Waals surface area contributed by atoms with Gasteiger partial charge in [0, 0.05) is 12.2 Å². The highest BCUT2D eigenvalue weighted by Crippen LogP contribution is 1.91. The molecule has 0 aromatic heterocycles. The third kappa shape index (κ3) is 5.79. The zero-order valence-electron chi connectivity index (χ0n) is 7.30. The van der Waals surface area contributed by atoms with Crippen molar-refractivity contribution < 1.29 is 33.7 Å². The minimum atomic E-state index is 0. The summed E-state index contributed by atoms with van der Waals surface area (Å²) in [7, 11) is 0. The minimum absolute atomic E-state index is 0. The van der Waals surface area contributed by atoms with Crippen molar-refractivity contribution >= 4 is 28.4 Å². The molecule has 0 unspecified atom stereocenters. The van der Waals surface area contributed by atoms with Crippen LogP contribution in [0.5, 0.6) is 0 Å². The standard InChI is InChI=1S/C9H12INO.HI/c10-5-1-2-6-11-7-3-9(12)4-8-11;/h3-4,7-8H,1-2,5-6H2;1H. The van der Waals surface area contributed by atoms with Crippen molar-refractivity contribution in [1.82, 2.24) is 0 Å². The first-order valence-corrected chi connectivity index (χ1v) is 5.67. The summed E-state index contributed by atoms with van der Waals surface area (Å²) in [5, 5.41) is 0. The van der Waals surface area contributed by atoms with E-state index in [0.29, 0.717) is 0 Å². The summed E-state index contributed by atoms with van der Waals surface area (Å²) >= 11 is 2.39. The molecule has 2 nitrogen and oxygen atoms in total. The molecule has 1 aliphatic rings. The summed E-state index contributed by atoms with van der Waals surface area (Å²) in [6.45, 7) is 1.10. The van der Waals surface area contributed by atoms with Crippen molar-refractivity contribution in [1.29, 1.82) is 0 Å². The number of quaternary nitrogens is 1. The molecule has 1 heterocycles. The van der Waals surface area contributed by atoms with Crippen molar-refractivity contribution in [2.24, 2.45) is 0 Å². The fourth-order valence-electron chi connectivity index (χ4n) is 1.08. The highest BCUT2D eigenvalue weighted by molar-refractivity contribution is 14.1. The van der Waals surface area contributed by atoms with Crippen LogP contribution < -0.4 is 28.9 Å². The molecule has 0 saturated carbocycles. The van der Waals surface area contributed by atoms with Gasteiger partial charge in [0.05, 0.1) is 6.54 Å². The summed E-state index contributed by atoms with van der Waals surface area (Å²) in [4.78, 5) is 12.0. The Labute approximate surface area is 110 Å². The van der Waals surface area contributed by atoms with Gasteiger partial charge in [0.25, 0.3) is 0 Å². The van der Waals surface area contributed by atoms with E-state index in [1.165, 1.54) is 22.2 Å². The van der Waals surface area contributed by atoms with Gasteiger partial charge in [0.15, 0.2) is 5.78 Å². The SMILES string of the molecule is O=C1C=C[NH+](CCCCI)C=C1.[I-]. The van der Waals surface area contributed by atoms with Crippen LogP contribution in [-0.2, 0) is 4.79 Å². The molecule has 1 rings (SSSR count). The molecular weight excluding hydrogens is 392 g/mol. The van der Waals surface area contributed by atoms with Crippen LogP contribution in [-0.4, -0.2) is 16.8 Å². The van der Waals surface area contributed by atoms with Gasteiger partial charge in [-0.1, -0.05) is 22.6 Å². The Hall–Kier alpha value is 0.570. The zero-order chi connectivity index (χ0) is 8.81. The molecule has 4 heteroatoms. The van der Waals surface area contributed by atoms with E-state index in [0.717, 1.165) is 6.54 Å². The van der Waals surface area contributed by atoms with Crippen LogP contribution in [0.2, 0.25) is 0 Å². The number of allylic oxidation sites excluding steroid dienone is 2. The van der Waals surface area contributed by atoms with Gasteiger partial charge in [-0.15, -0.1) is 0 Å². The van der Waals surface area contributed by atoms with Crippen LogP contribution in [0.1, 0.15) is 12.8 Å². The van der Waals surface area contributed by atoms with Crippen molar-refractivity contribution in [3.63, 3.8) is 0 Å². The van der Waals surface area contributed by atoms with Gasteiger partial charge in [0.1, 0.15) is 12.4 Å². The van der Waals surface area contributed by atoms with Gasteiger partial charge in [-0.25, -0.2) is 0 Å². The lowest BCUT2D eigenvalue weighted by Crippen LogP contribution is -3.03. The monoisotopic (exact) mass is 405 g/mol. The summed E-state index contributed by atoms with van der Waals surface area (Å²) < 4.78 is 1.22. The Balaban J connectivity index is 0.00000144. The van der Waals surface area contributed by atoms with Gasteiger partial charge < -0.3 is 24.0 Å². The molecule has 0 aromatic rings. The van der Waals surface area contributed by atoms with Gasteiger partial charge >= 0.3 is 0 Å². The number of ketones is 1. The molecule has 0 atom stereocenters. The van der Waals surface area contributed by atoms with Crippen LogP contribution in [0.3, 0.4) is 0 Å². The van der Waals surface area contributed by atoms with Crippen LogP contribution >= 0.6 is 22.6 Å². The molecule has 13 heavy (non-hydrogen) atoms. The topological polar surface area (TPSA) is 21.5 Å². The van der Waals surface area contributed by atoms with E-state index in [9.17, 15) is 4.79 Å². The first-order valence-electron chi connectivity index (χ1n) is 4.15. The maximum absolute atomic E-state index is 10.8. The first-order chi connectivity index (χ1) is 5.83. The van der Waals surface area contributed by atoms with Gasteiger partial charge in [-0.3, -0.25) is 9.69 Å². The third-order valence-corrected chi connectivity index (χ3v) is 2.54. The third-order valence-electron chi connectivity index (χ3n) is 1.77. The number of carbonyl (C=O) groups excluding carboxylic acids is 1. The van der Waals surface area contributed by atoms with Crippen molar-refractivity contribution in [3.05, 3.63) is 24.6 Å². The Morgan fingerprint density at radius 2 is 1.85 bits per heavy atom. The number of unbranched alkanes of at least 4 members (excludes halogenated alkanes) is 1. The lowest BCUT2D eigenvalue weighted by Gasteiger charge is -2.10. The Morgan fingerprint density at radius 1 is 1.23 bits per heavy atom. The second kappa shape index (κ2) is 7.93. The average Bonchev–Trinajstić information content (AvgIpc) is 2.09. The smallest absolute Gasteiger partial charge is 0.189 e. The van der Waals surface area contributed by atoms with E-state index >= 15 is 0 Å². The number of alkyl halides is 1. The Bertz CT molecular complexity index is 198. The van der Waals surface area contributed by atoms with E-state index < -0.39 is 0 Å². The van der Waals surface area contributed by atoms with Gasteiger partial charge in [-0.05, 0) is 17.3 Å². The minimum Gasteiger partial charge on any atom is -1.00 e. The summed E-state index contributed by atoms with van der Waals surface area (Å²) in [6.07, 6.45) is 9.62. The summed E-state index contributed by atoms with van der Waals surface area (Å²) in [5.41, 5.74) is 0. The molecule has 0 amide bonds. The number of hydrogen-bond donors (Lipinski definition) is 1. The maximum Gasteiger partial charge on any atom is 0.189 e. The number of halogens is 2. The van der Waals surface area contributed by atoms with E-state index in [1.807, 2.05) is 12.4 Å². The van der Waals surface area contributed by atoms with Gasteiger partial charge in [-0.2, -0.15) is 0 Å². The Kier molecular flexibility index (Phi) is 8.27. The molecule has 0 radical (unpaired) electrons. The molecular formula is C9H13I2NO. The fourth-order valence-corrected chi connectivity index (χ4v) is 1.62. The largest absolute Gasteiger partial charge is 1.00 e. The van der Waals surface area contributed by atoms with Gasteiger partial charge in [0.2, 0.25) is 0 Å².